The van der Waals surface area contributed by atoms with E-state index in [0.29, 0.717) is 17.4 Å². The molecule has 0 aliphatic carbocycles. The summed E-state index contributed by atoms with van der Waals surface area (Å²) in [7, 11) is 0. The van der Waals surface area contributed by atoms with Crippen molar-refractivity contribution in [2.75, 3.05) is 6.54 Å². The summed E-state index contributed by atoms with van der Waals surface area (Å²) in [6.07, 6.45) is 0.0392. The molecule has 100 valence electrons. The third-order valence-electron chi connectivity index (χ3n) is 2.67. The highest BCUT2D eigenvalue weighted by molar-refractivity contribution is 9.10. The van der Waals surface area contributed by atoms with E-state index in [9.17, 15) is 14.3 Å². The minimum absolute atomic E-state index is 0.155. The van der Waals surface area contributed by atoms with E-state index in [4.69, 9.17) is 0 Å². The molecule has 3 nitrogen and oxygen atoms in total. The van der Waals surface area contributed by atoms with Crippen molar-refractivity contribution in [1.29, 1.82) is 0 Å². The SMILES string of the molecule is CC(C)C(O)CCNC(=O)c1cc(F)ccc1Br. The van der Waals surface area contributed by atoms with Crippen LogP contribution in [0.2, 0.25) is 0 Å². The van der Waals surface area contributed by atoms with Gasteiger partial charge in [0.25, 0.3) is 5.91 Å². The Bertz CT molecular complexity index is 423. The summed E-state index contributed by atoms with van der Waals surface area (Å²) in [6, 6.07) is 3.95. The van der Waals surface area contributed by atoms with Crippen molar-refractivity contribution in [3.05, 3.63) is 34.1 Å². The van der Waals surface area contributed by atoms with Crippen LogP contribution in [-0.4, -0.2) is 23.7 Å². The quantitative estimate of drug-likeness (QED) is 0.877. The third-order valence-corrected chi connectivity index (χ3v) is 3.36. The maximum Gasteiger partial charge on any atom is 0.252 e. The molecule has 0 radical (unpaired) electrons. The van der Waals surface area contributed by atoms with Crippen LogP contribution in [0, 0.1) is 11.7 Å². The fourth-order valence-corrected chi connectivity index (χ4v) is 1.86. The number of benzene rings is 1. The molecule has 1 rings (SSSR count). The van der Waals surface area contributed by atoms with E-state index in [2.05, 4.69) is 21.2 Å². The first-order valence-corrected chi connectivity index (χ1v) is 6.62. The lowest BCUT2D eigenvalue weighted by atomic mass is 10.0. The molecular formula is C13H17BrFNO2. The Kier molecular flexibility index (Phi) is 5.75. The number of carbonyl (C=O) groups is 1. The number of aliphatic hydroxyl groups is 1. The summed E-state index contributed by atoms with van der Waals surface area (Å²) in [5, 5.41) is 12.2. The zero-order valence-electron chi connectivity index (χ0n) is 10.4. The smallest absolute Gasteiger partial charge is 0.252 e. The van der Waals surface area contributed by atoms with Gasteiger partial charge in [0, 0.05) is 11.0 Å². The van der Waals surface area contributed by atoms with Crippen LogP contribution < -0.4 is 5.32 Å². The van der Waals surface area contributed by atoms with Gasteiger partial charge >= 0.3 is 0 Å². The second kappa shape index (κ2) is 6.85. The second-order valence-corrected chi connectivity index (χ2v) is 5.33. The van der Waals surface area contributed by atoms with Gasteiger partial charge in [-0.25, -0.2) is 4.39 Å². The number of rotatable bonds is 5. The zero-order chi connectivity index (χ0) is 13.7. The number of hydrogen-bond acceptors (Lipinski definition) is 2. The van der Waals surface area contributed by atoms with E-state index in [1.165, 1.54) is 18.2 Å². The molecule has 1 aromatic carbocycles. The van der Waals surface area contributed by atoms with Crippen molar-refractivity contribution < 1.29 is 14.3 Å². The summed E-state index contributed by atoms with van der Waals surface area (Å²) < 4.78 is 13.6. The van der Waals surface area contributed by atoms with Gasteiger partial charge in [0.15, 0.2) is 0 Å². The molecule has 0 heterocycles. The number of nitrogens with one attached hydrogen (secondary N) is 1. The normalized spacial score (nSPS) is 12.6. The average molecular weight is 318 g/mol. The fourth-order valence-electron chi connectivity index (χ4n) is 1.43. The van der Waals surface area contributed by atoms with Crippen molar-refractivity contribution in [3.63, 3.8) is 0 Å². The van der Waals surface area contributed by atoms with Gasteiger partial charge in [-0.1, -0.05) is 13.8 Å². The number of carbonyl (C=O) groups excluding carboxylic acids is 1. The van der Waals surface area contributed by atoms with E-state index >= 15 is 0 Å². The number of aliphatic hydroxyl groups excluding tert-OH is 1. The number of halogens is 2. The minimum Gasteiger partial charge on any atom is -0.393 e. The molecule has 2 N–H and O–H groups in total. The molecule has 0 bridgehead atoms. The topological polar surface area (TPSA) is 49.3 Å². The summed E-state index contributed by atoms with van der Waals surface area (Å²) in [5.41, 5.74) is 0.258. The highest BCUT2D eigenvalue weighted by atomic mass is 79.9. The van der Waals surface area contributed by atoms with Crippen LogP contribution in [0.4, 0.5) is 4.39 Å². The van der Waals surface area contributed by atoms with Crippen LogP contribution in [0.15, 0.2) is 22.7 Å². The lowest BCUT2D eigenvalue weighted by molar-refractivity contribution is 0.0919. The summed E-state index contributed by atoms with van der Waals surface area (Å²) >= 11 is 3.20. The lowest BCUT2D eigenvalue weighted by Gasteiger charge is -2.14. The second-order valence-electron chi connectivity index (χ2n) is 4.48. The standard InChI is InChI=1S/C13H17BrFNO2/c1-8(2)12(17)5-6-16-13(18)10-7-9(15)3-4-11(10)14/h3-4,7-8,12,17H,5-6H2,1-2H3,(H,16,18). The van der Waals surface area contributed by atoms with Crippen molar-refractivity contribution in [1.82, 2.24) is 5.32 Å². The molecule has 0 aliphatic rings. The highest BCUT2D eigenvalue weighted by Gasteiger charge is 2.13. The third kappa shape index (κ3) is 4.38. The zero-order valence-corrected chi connectivity index (χ0v) is 12.0. The first kappa shape index (κ1) is 15.1. The van der Waals surface area contributed by atoms with Crippen LogP contribution in [-0.2, 0) is 0 Å². The van der Waals surface area contributed by atoms with Gasteiger partial charge < -0.3 is 10.4 Å². The van der Waals surface area contributed by atoms with E-state index in [-0.39, 0.29) is 17.4 Å². The van der Waals surface area contributed by atoms with E-state index in [0.717, 1.165) is 0 Å². The van der Waals surface area contributed by atoms with Crippen LogP contribution in [0.1, 0.15) is 30.6 Å². The lowest BCUT2D eigenvalue weighted by Crippen LogP contribution is -2.29. The molecule has 0 fully saturated rings. The molecule has 18 heavy (non-hydrogen) atoms. The van der Waals surface area contributed by atoms with Gasteiger partial charge in [-0.2, -0.15) is 0 Å². The predicted octanol–water partition coefficient (Wildman–Crippen LogP) is 2.73. The van der Waals surface area contributed by atoms with Crippen LogP contribution in [0.25, 0.3) is 0 Å². The highest BCUT2D eigenvalue weighted by Crippen LogP contribution is 2.17. The Morgan fingerprint density at radius 2 is 2.17 bits per heavy atom. The average Bonchev–Trinajstić information content (AvgIpc) is 2.31. The molecule has 1 amide bonds. The molecule has 1 unspecified atom stereocenters. The number of hydrogen-bond donors (Lipinski definition) is 2. The van der Waals surface area contributed by atoms with Crippen LogP contribution in [0.5, 0.6) is 0 Å². The maximum atomic E-state index is 13.0. The Morgan fingerprint density at radius 3 is 2.78 bits per heavy atom. The molecule has 0 saturated heterocycles. The fraction of sp³-hybridized carbons (Fsp3) is 0.462. The van der Waals surface area contributed by atoms with Crippen molar-refractivity contribution in [3.8, 4) is 0 Å². The molecule has 1 atom stereocenters. The first-order chi connectivity index (χ1) is 8.41. The van der Waals surface area contributed by atoms with E-state index in [1.54, 1.807) is 0 Å². The van der Waals surface area contributed by atoms with E-state index in [1.807, 2.05) is 13.8 Å². The molecule has 5 heteroatoms. The van der Waals surface area contributed by atoms with Crippen molar-refractivity contribution in [2.24, 2.45) is 5.92 Å². The van der Waals surface area contributed by atoms with Crippen molar-refractivity contribution in [2.45, 2.75) is 26.4 Å². The molecule has 0 aliphatic heterocycles. The minimum atomic E-state index is -0.453. The summed E-state index contributed by atoms with van der Waals surface area (Å²) in [5.74, 6) is -0.647. The Hall–Kier alpha value is -0.940. The van der Waals surface area contributed by atoms with Gasteiger partial charge in [-0.05, 0) is 46.5 Å². The molecular weight excluding hydrogens is 301 g/mol. The Labute approximate surface area is 115 Å². The number of amides is 1. The van der Waals surface area contributed by atoms with Gasteiger partial charge in [0.05, 0.1) is 11.7 Å². The van der Waals surface area contributed by atoms with Gasteiger partial charge in [0.2, 0.25) is 0 Å². The summed E-state index contributed by atoms with van der Waals surface area (Å²) in [6.45, 7) is 4.19. The molecule has 1 aromatic rings. The monoisotopic (exact) mass is 317 g/mol. The van der Waals surface area contributed by atoms with Gasteiger partial charge in [-0.3, -0.25) is 4.79 Å². The van der Waals surface area contributed by atoms with Gasteiger partial charge in [-0.15, -0.1) is 0 Å². The van der Waals surface area contributed by atoms with E-state index < -0.39 is 11.9 Å². The Balaban J connectivity index is 2.53. The van der Waals surface area contributed by atoms with Crippen molar-refractivity contribution >= 4 is 21.8 Å². The van der Waals surface area contributed by atoms with Crippen LogP contribution in [0.3, 0.4) is 0 Å². The predicted molar refractivity (Wildman–Crippen MR) is 71.9 cm³/mol. The van der Waals surface area contributed by atoms with Crippen LogP contribution >= 0.6 is 15.9 Å². The Morgan fingerprint density at radius 1 is 1.50 bits per heavy atom. The summed E-state index contributed by atoms with van der Waals surface area (Å²) in [4.78, 5) is 11.8. The molecule has 0 saturated carbocycles. The largest absolute Gasteiger partial charge is 0.393 e. The first-order valence-electron chi connectivity index (χ1n) is 5.83. The molecule has 0 spiro atoms. The van der Waals surface area contributed by atoms with Gasteiger partial charge in [0.1, 0.15) is 5.82 Å². The molecule has 0 aromatic heterocycles. The maximum absolute atomic E-state index is 13.0.